The number of hydrogen-bond donors (Lipinski definition) is 1. The van der Waals surface area contributed by atoms with Gasteiger partial charge in [0.25, 0.3) is 0 Å². The zero-order valence-electron chi connectivity index (χ0n) is 15.2. The third kappa shape index (κ3) is 3.94. The number of benzene rings is 1. The lowest BCUT2D eigenvalue weighted by atomic mass is 10.2. The maximum atomic E-state index is 12.1. The fraction of sp³-hybridized carbons (Fsp3) is 0.526. The summed E-state index contributed by atoms with van der Waals surface area (Å²) in [5.41, 5.74) is -0.478. The Morgan fingerprint density at radius 1 is 1.31 bits per heavy atom. The molecule has 1 fully saturated rings. The molecule has 0 saturated carbocycles. The van der Waals surface area contributed by atoms with Crippen LogP contribution in [0.15, 0.2) is 27.4 Å². The van der Waals surface area contributed by atoms with Gasteiger partial charge in [0.1, 0.15) is 29.4 Å². The van der Waals surface area contributed by atoms with Crippen molar-refractivity contribution in [3.8, 4) is 17.2 Å². The Balaban J connectivity index is 1.86. The van der Waals surface area contributed by atoms with Gasteiger partial charge in [-0.15, -0.1) is 0 Å². The van der Waals surface area contributed by atoms with Gasteiger partial charge in [-0.05, 0) is 32.4 Å². The Labute approximate surface area is 151 Å². The number of ether oxygens (including phenoxy) is 4. The summed E-state index contributed by atoms with van der Waals surface area (Å²) in [5.74, 6) is -0.713. The van der Waals surface area contributed by atoms with E-state index in [1.54, 1.807) is 18.2 Å². The van der Waals surface area contributed by atoms with E-state index in [0.29, 0.717) is 24.3 Å². The lowest BCUT2D eigenvalue weighted by Gasteiger charge is -2.18. The molecule has 1 aromatic heterocycles. The number of hydrogen-bond acceptors (Lipinski definition) is 7. The molecule has 3 rings (SSSR count). The molecule has 1 aromatic carbocycles. The van der Waals surface area contributed by atoms with Gasteiger partial charge < -0.3 is 28.5 Å². The van der Waals surface area contributed by atoms with Gasteiger partial charge in [0, 0.05) is 0 Å². The van der Waals surface area contributed by atoms with E-state index in [1.165, 1.54) is 0 Å². The highest BCUT2D eigenvalue weighted by Gasteiger charge is 2.33. The molecule has 0 radical (unpaired) electrons. The van der Waals surface area contributed by atoms with Crippen LogP contribution in [0.25, 0.3) is 11.0 Å². The van der Waals surface area contributed by atoms with Crippen LogP contribution in [0, 0.1) is 0 Å². The monoisotopic (exact) mass is 364 g/mol. The molecule has 2 heterocycles. The lowest BCUT2D eigenvalue weighted by Crippen LogP contribution is -2.25. The molecule has 1 aliphatic heterocycles. The first-order valence-electron chi connectivity index (χ1n) is 8.77. The van der Waals surface area contributed by atoms with Crippen molar-refractivity contribution in [1.82, 2.24) is 0 Å². The molecular formula is C19H24O7. The van der Waals surface area contributed by atoms with Gasteiger partial charge in [0.2, 0.25) is 5.75 Å². The zero-order chi connectivity index (χ0) is 18.7. The number of rotatable bonds is 7. The molecule has 1 N–H and O–H groups in total. The Kier molecular flexibility index (Phi) is 5.38. The molecule has 1 saturated heterocycles. The summed E-state index contributed by atoms with van der Waals surface area (Å²) in [6.07, 6.45) is 1.45. The van der Waals surface area contributed by atoms with Gasteiger partial charge in [-0.3, -0.25) is 0 Å². The number of fused-ring (bicyclic) bond motifs is 1. The van der Waals surface area contributed by atoms with E-state index in [1.807, 2.05) is 20.8 Å². The molecule has 142 valence electrons. The van der Waals surface area contributed by atoms with Crippen molar-refractivity contribution in [1.29, 1.82) is 0 Å². The van der Waals surface area contributed by atoms with Gasteiger partial charge >= 0.3 is 5.63 Å². The fourth-order valence-electron chi connectivity index (χ4n) is 2.78. The van der Waals surface area contributed by atoms with Crippen LogP contribution in [0.4, 0.5) is 0 Å². The molecule has 1 aliphatic rings. The predicted molar refractivity (Wildman–Crippen MR) is 95.0 cm³/mol. The van der Waals surface area contributed by atoms with Crippen molar-refractivity contribution in [2.24, 2.45) is 0 Å². The Hall–Kier alpha value is -2.25. The normalized spacial score (nSPS) is 19.0. The molecule has 1 atom stereocenters. The quantitative estimate of drug-likeness (QED) is 0.596. The molecule has 7 heteroatoms. The van der Waals surface area contributed by atoms with E-state index >= 15 is 0 Å². The van der Waals surface area contributed by atoms with E-state index < -0.39 is 11.4 Å². The predicted octanol–water partition coefficient (Wildman–Crippen LogP) is 3.21. The molecule has 26 heavy (non-hydrogen) atoms. The van der Waals surface area contributed by atoms with Crippen molar-refractivity contribution < 1.29 is 28.5 Å². The second kappa shape index (κ2) is 7.55. The van der Waals surface area contributed by atoms with Gasteiger partial charge in [0.05, 0.1) is 13.2 Å². The van der Waals surface area contributed by atoms with Gasteiger partial charge in [-0.25, -0.2) is 4.79 Å². The minimum atomic E-state index is -0.711. The van der Waals surface area contributed by atoms with Gasteiger partial charge in [-0.2, -0.15) is 0 Å². The summed E-state index contributed by atoms with van der Waals surface area (Å²) in [7, 11) is 0. The molecule has 1 unspecified atom stereocenters. The first-order valence-corrected chi connectivity index (χ1v) is 8.77. The topological polar surface area (TPSA) is 87.4 Å². The van der Waals surface area contributed by atoms with E-state index in [-0.39, 0.29) is 29.8 Å². The van der Waals surface area contributed by atoms with Crippen LogP contribution in [0.5, 0.6) is 17.2 Å². The third-order valence-electron chi connectivity index (χ3n) is 4.06. The van der Waals surface area contributed by atoms with Crippen molar-refractivity contribution >= 4 is 11.0 Å². The maximum Gasteiger partial charge on any atom is 0.383 e. The van der Waals surface area contributed by atoms with Crippen LogP contribution < -0.4 is 15.1 Å². The summed E-state index contributed by atoms with van der Waals surface area (Å²) in [4.78, 5) is 12.1. The highest BCUT2D eigenvalue weighted by Crippen LogP contribution is 2.38. The molecule has 7 nitrogen and oxygen atoms in total. The second-order valence-electron chi connectivity index (χ2n) is 6.66. The van der Waals surface area contributed by atoms with Crippen LogP contribution >= 0.6 is 0 Å². The molecule has 0 amide bonds. The van der Waals surface area contributed by atoms with Crippen LogP contribution in [-0.2, 0) is 9.47 Å². The third-order valence-corrected chi connectivity index (χ3v) is 4.06. The van der Waals surface area contributed by atoms with Crippen molar-refractivity contribution in [3.63, 3.8) is 0 Å². The summed E-state index contributed by atoms with van der Waals surface area (Å²) in [5, 5.41) is 10.9. The average Bonchev–Trinajstić information content (AvgIpc) is 2.94. The molecule has 0 aliphatic carbocycles. The highest BCUT2D eigenvalue weighted by molar-refractivity contribution is 5.91. The van der Waals surface area contributed by atoms with Gasteiger partial charge in [-0.1, -0.05) is 19.4 Å². The number of aromatic hydroxyl groups is 1. The van der Waals surface area contributed by atoms with E-state index in [9.17, 15) is 9.90 Å². The average molecular weight is 364 g/mol. The van der Waals surface area contributed by atoms with Crippen molar-refractivity contribution in [2.45, 2.75) is 45.5 Å². The van der Waals surface area contributed by atoms with E-state index in [4.69, 9.17) is 23.4 Å². The molecule has 2 aromatic rings. The van der Waals surface area contributed by atoms with Crippen LogP contribution in [0.2, 0.25) is 0 Å². The van der Waals surface area contributed by atoms with Gasteiger partial charge in [0.15, 0.2) is 11.5 Å². The second-order valence-corrected chi connectivity index (χ2v) is 6.66. The minimum Gasteiger partial charge on any atom is -0.503 e. The van der Waals surface area contributed by atoms with Crippen LogP contribution in [-0.4, -0.2) is 36.8 Å². The van der Waals surface area contributed by atoms with Crippen LogP contribution in [0.3, 0.4) is 0 Å². The minimum absolute atomic E-state index is 0.191. The Morgan fingerprint density at radius 3 is 2.81 bits per heavy atom. The number of unbranched alkanes of at least 4 members (excludes halogenated alkanes) is 1. The first-order chi connectivity index (χ1) is 12.4. The summed E-state index contributed by atoms with van der Waals surface area (Å²) in [6.45, 7) is 6.67. The van der Waals surface area contributed by atoms with Crippen LogP contribution in [0.1, 0.15) is 33.6 Å². The smallest absolute Gasteiger partial charge is 0.383 e. The standard InChI is InChI=1S/C19H24O7/c1-4-5-9-22-17-16(20)15-13(7-6-8-14(15)25-18(17)21)23-10-12-11-24-19(2,3)26-12/h6-8,12,20H,4-5,9-11H2,1-3H3. The Morgan fingerprint density at radius 2 is 2.12 bits per heavy atom. The molecule has 0 bridgehead atoms. The largest absolute Gasteiger partial charge is 0.503 e. The molecule has 0 spiro atoms. The summed E-state index contributed by atoms with van der Waals surface area (Å²) in [6, 6.07) is 4.98. The van der Waals surface area contributed by atoms with Crippen molar-refractivity contribution in [2.75, 3.05) is 19.8 Å². The fourth-order valence-corrected chi connectivity index (χ4v) is 2.78. The molecular weight excluding hydrogens is 340 g/mol. The summed E-state index contributed by atoms with van der Waals surface area (Å²) >= 11 is 0. The SMILES string of the molecule is CCCCOc1c(O)c2c(OCC3COC(C)(C)O3)cccc2oc1=O. The first kappa shape index (κ1) is 18.5. The van der Waals surface area contributed by atoms with E-state index in [0.717, 1.165) is 12.8 Å². The van der Waals surface area contributed by atoms with E-state index in [2.05, 4.69) is 0 Å². The maximum absolute atomic E-state index is 12.1. The lowest BCUT2D eigenvalue weighted by molar-refractivity contribution is -0.141. The van der Waals surface area contributed by atoms with Crippen molar-refractivity contribution in [3.05, 3.63) is 28.6 Å². The Bertz CT molecular complexity index is 824. The summed E-state index contributed by atoms with van der Waals surface area (Å²) < 4.78 is 27.7. The highest BCUT2D eigenvalue weighted by atomic mass is 16.7. The zero-order valence-corrected chi connectivity index (χ0v) is 15.2.